The number of nitrogen functional groups attached to an aromatic ring is 1. The molecule has 1 heterocycles. The molecule has 8 nitrogen and oxygen atoms in total. The van der Waals surface area contributed by atoms with Gasteiger partial charge in [0.15, 0.2) is 5.11 Å². The van der Waals surface area contributed by atoms with Crippen molar-refractivity contribution in [2.24, 2.45) is 5.41 Å². The zero-order valence-electron chi connectivity index (χ0n) is 22.3. The second-order valence-corrected chi connectivity index (χ2v) is 10.9. The minimum absolute atomic E-state index is 0.0240. The zero-order chi connectivity index (χ0) is 29.2. The zero-order valence-corrected chi connectivity index (χ0v) is 23.1. The second kappa shape index (κ2) is 11.1. The Hall–Kier alpha value is -3.80. The third-order valence-corrected chi connectivity index (χ3v) is 6.31. The number of anilines is 2. The first-order chi connectivity index (χ1) is 18.0. The fourth-order valence-corrected chi connectivity index (χ4v) is 4.05. The lowest BCUT2D eigenvalue weighted by Crippen LogP contribution is -2.49. The molecule has 0 spiro atoms. The van der Waals surface area contributed by atoms with Crippen molar-refractivity contribution in [3.8, 4) is 0 Å². The van der Waals surface area contributed by atoms with E-state index in [4.69, 9.17) is 32.5 Å². The number of halogens is 3. The van der Waals surface area contributed by atoms with E-state index in [1.807, 2.05) is 0 Å². The second-order valence-electron chi connectivity index (χ2n) is 10.5. The van der Waals surface area contributed by atoms with Crippen molar-refractivity contribution in [3.05, 3.63) is 76.8 Å². The van der Waals surface area contributed by atoms with E-state index in [0.29, 0.717) is 16.9 Å². The van der Waals surface area contributed by atoms with Crippen molar-refractivity contribution in [1.82, 2.24) is 9.88 Å². The van der Waals surface area contributed by atoms with Gasteiger partial charge in [-0.15, -0.1) is 0 Å². The van der Waals surface area contributed by atoms with E-state index in [-0.39, 0.29) is 29.5 Å². The summed E-state index contributed by atoms with van der Waals surface area (Å²) < 4.78 is 52.7. The van der Waals surface area contributed by atoms with E-state index in [0.717, 1.165) is 17.8 Å². The maximum absolute atomic E-state index is 13.5. The summed E-state index contributed by atoms with van der Waals surface area (Å²) in [6.45, 7) is 8.44. The summed E-state index contributed by atoms with van der Waals surface area (Å²) in [7, 11) is 0. The maximum atomic E-state index is 13.5. The highest BCUT2D eigenvalue weighted by Gasteiger charge is 2.36. The van der Waals surface area contributed by atoms with Crippen molar-refractivity contribution in [2.75, 3.05) is 17.7 Å². The Balaban J connectivity index is 1.88. The molecule has 210 valence electrons. The first-order valence-electron chi connectivity index (χ1n) is 12.0. The number of carbonyl (C=O) groups excluding carboxylic acids is 1. The molecule has 39 heavy (non-hydrogen) atoms. The van der Waals surface area contributed by atoms with E-state index >= 15 is 0 Å². The third kappa shape index (κ3) is 7.20. The van der Waals surface area contributed by atoms with Gasteiger partial charge in [0.25, 0.3) is 5.68 Å². The summed E-state index contributed by atoms with van der Waals surface area (Å²) in [5.74, 6) is -0.515. The molecule has 0 saturated carbocycles. The fourth-order valence-electron chi connectivity index (χ4n) is 3.72. The normalized spacial score (nSPS) is 13.4. The summed E-state index contributed by atoms with van der Waals surface area (Å²) in [5, 5.41) is 14.0. The van der Waals surface area contributed by atoms with Gasteiger partial charge in [0.05, 0.1) is 40.1 Å². The number of ether oxygens (including phenoxy) is 1. The fraction of sp³-hybridized carbons (Fsp3) is 0.370. The SMILES string of the molecule is Cc1coc(=N)n1Cc1cccc(NC(=S)NC(C)(COC(=O)C(C)(C)C)c2cccc(C(F)(F)F)c2)c1N. The highest BCUT2D eigenvalue weighted by Crippen LogP contribution is 2.33. The van der Waals surface area contributed by atoms with Gasteiger partial charge in [-0.25, -0.2) is 0 Å². The predicted molar refractivity (Wildman–Crippen MR) is 146 cm³/mol. The Morgan fingerprint density at radius 2 is 1.77 bits per heavy atom. The Kier molecular flexibility index (Phi) is 8.49. The number of aromatic nitrogens is 1. The quantitative estimate of drug-likeness (QED) is 0.175. The van der Waals surface area contributed by atoms with E-state index in [1.165, 1.54) is 18.4 Å². The molecule has 3 rings (SSSR count). The summed E-state index contributed by atoms with van der Waals surface area (Å²) >= 11 is 5.51. The minimum Gasteiger partial charge on any atom is -0.462 e. The van der Waals surface area contributed by atoms with Crippen LogP contribution < -0.4 is 22.1 Å². The number of carbonyl (C=O) groups is 1. The predicted octanol–water partition coefficient (Wildman–Crippen LogP) is 5.31. The molecule has 12 heteroatoms. The summed E-state index contributed by atoms with van der Waals surface area (Å²) in [6, 6.07) is 10.0. The minimum atomic E-state index is -4.56. The van der Waals surface area contributed by atoms with Crippen LogP contribution in [-0.2, 0) is 27.8 Å². The van der Waals surface area contributed by atoms with Crippen molar-refractivity contribution in [3.63, 3.8) is 0 Å². The van der Waals surface area contributed by atoms with Crippen LogP contribution in [0.3, 0.4) is 0 Å². The highest BCUT2D eigenvalue weighted by atomic mass is 32.1. The van der Waals surface area contributed by atoms with E-state index < -0.39 is 28.7 Å². The number of thiocarbonyl (C=S) groups is 1. The molecule has 0 saturated heterocycles. The smallest absolute Gasteiger partial charge is 0.416 e. The number of hydrogen-bond donors (Lipinski definition) is 4. The van der Waals surface area contributed by atoms with Crippen LogP contribution in [-0.4, -0.2) is 22.3 Å². The van der Waals surface area contributed by atoms with Gasteiger partial charge in [-0.05, 0) is 76.2 Å². The van der Waals surface area contributed by atoms with Gasteiger partial charge >= 0.3 is 12.1 Å². The number of rotatable bonds is 7. The van der Waals surface area contributed by atoms with Crippen LogP contribution in [0.2, 0.25) is 0 Å². The molecule has 1 atom stereocenters. The molecule has 0 aliphatic heterocycles. The first-order valence-corrected chi connectivity index (χ1v) is 12.4. The number of nitrogens with one attached hydrogen (secondary N) is 3. The molecule has 0 fully saturated rings. The van der Waals surface area contributed by atoms with Crippen LogP contribution in [0.5, 0.6) is 0 Å². The van der Waals surface area contributed by atoms with Gasteiger partial charge in [0.2, 0.25) is 0 Å². The van der Waals surface area contributed by atoms with Gasteiger partial charge in [0, 0.05) is 0 Å². The van der Waals surface area contributed by atoms with Crippen LogP contribution in [0.15, 0.2) is 53.1 Å². The number of para-hydroxylation sites is 1. The molecule has 2 aromatic carbocycles. The van der Waals surface area contributed by atoms with Crippen molar-refractivity contribution < 1.29 is 27.1 Å². The number of esters is 1. The third-order valence-electron chi connectivity index (χ3n) is 6.11. The molecule has 1 aromatic heterocycles. The number of aryl methyl sites for hydroxylation is 1. The Bertz CT molecular complexity index is 1420. The van der Waals surface area contributed by atoms with Gasteiger partial charge in [-0.3, -0.25) is 14.8 Å². The summed E-state index contributed by atoms with van der Waals surface area (Å²) in [5.41, 5.74) is 5.89. The molecule has 0 aliphatic rings. The highest BCUT2D eigenvalue weighted by molar-refractivity contribution is 7.80. The van der Waals surface area contributed by atoms with Gasteiger partial charge in [0.1, 0.15) is 12.9 Å². The molecule has 1 unspecified atom stereocenters. The van der Waals surface area contributed by atoms with Gasteiger partial charge < -0.3 is 25.5 Å². The Morgan fingerprint density at radius 3 is 2.36 bits per heavy atom. The van der Waals surface area contributed by atoms with Gasteiger partial charge in [-0.1, -0.05) is 24.3 Å². The Morgan fingerprint density at radius 1 is 1.13 bits per heavy atom. The number of alkyl halides is 3. The van der Waals surface area contributed by atoms with Gasteiger partial charge in [-0.2, -0.15) is 13.2 Å². The molecule has 0 bridgehead atoms. The monoisotopic (exact) mass is 563 g/mol. The van der Waals surface area contributed by atoms with Crippen LogP contribution >= 0.6 is 12.2 Å². The number of hydrogen-bond acceptors (Lipinski definition) is 6. The van der Waals surface area contributed by atoms with E-state index in [2.05, 4.69) is 10.6 Å². The summed E-state index contributed by atoms with van der Waals surface area (Å²) in [6.07, 6.45) is -3.09. The van der Waals surface area contributed by atoms with Crippen molar-refractivity contribution in [1.29, 1.82) is 5.41 Å². The average molecular weight is 564 g/mol. The van der Waals surface area contributed by atoms with Crippen LogP contribution in [0.4, 0.5) is 24.5 Å². The van der Waals surface area contributed by atoms with Crippen LogP contribution in [0.1, 0.15) is 50.1 Å². The first kappa shape index (κ1) is 29.8. The average Bonchev–Trinajstić information content (AvgIpc) is 3.16. The number of nitrogens with two attached hydrogens (primary N) is 1. The molecule has 0 amide bonds. The lowest BCUT2D eigenvalue weighted by Gasteiger charge is -2.33. The van der Waals surface area contributed by atoms with Crippen LogP contribution in [0, 0.1) is 17.7 Å². The van der Waals surface area contributed by atoms with Crippen molar-refractivity contribution in [2.45, 2.75) is 52.9 Å². The van der Waals surface area contributed by atoms with E-state index in [1.54, 1.807) is 57.4 Å². The van der Waals surface area contributed by atoms with Crippen molar-refractivity contribution >= 4 is 34.7 Å². The molecule has 3 aromatic rings. The summed E-state index contributed by atoms with van der Waals surface area (Å²) in [4.78, 5) is 12.5. The lowest BCUT2D eigenvalue weighted by molar-refractivity contribution is -0.155. The Labute approximate surface area is 229 Å². The number of nitrogens with zero attached hydrogens (tertiary/aromatic N) is 1. The van der Waals surface area contributed by atoms with Crippen LogP contribution in [0.25, 0.3) is 0 Å². The largest absolute Gasteiger partial charge is 0.462 e. The topological polar surface area (TPSA) is 118 Å². The standard InChI is InChI=1S/C27H32F3N5O3S/c1-16-14-37-23(32)35(16)13-17-8-6-11-20(21(17)31)33-24(39)34-26(5,15-38-22(36)25(2,3)4)18-9-7-10-19(12-18)27(28,29)30/h6-12,14,32H,13,15,31H2,1-5H3,(H2,33,34,39). The molecular formula is C27H32F3N5O3S. The maximum Gasteiger partial charge on any atom is 0.416 e. The molecular weight excluding hydrogens is 531 g/mol. The number of oxazole rings is 1. The number of benzene rings is 2. The lowest BCUT2D eigenvalue weighted by atomic mass is 9.91. The molecule has 0 aliphatic carbocycles. The molecule has 0 radical (unpaired) electrons. The molecule has 5 N–H and O–H groups in total. The van der Waals surface area contributed by atoms with E-state index in [9.17, 15) is 18.0 Å².